The molecule has 0 aromatic heterocycles. The van der Waals surface area contributed by atoms with Gasteiger partial charge in [-0.25, -0.2) is 12.8 Å². The first-order valence-corrected chi connectivity index (χ1v) is 9.19. The Bertz CT molecular complexity index is 871. The molecule has 0 bridgehead atoms. The van der Waals surface area contributed by atoms with Crippen molar-refractivity contribution in [3.05, 3.63) is 58.9 Å². The Morgan fingerprint density at radius 1 is 1.25 bits per heavy atom. The summed E-state index contributed by atoms with van der Waals surface area (Å²) in [6, 6.07) is 9.98. The summed E-state index contributed by atoms with van der Waals surface area (Å²) in [5.41, 5.74) is 1.35. The van der Waals surface area contributed by atoms with Crippen LogP contribution in [0.15, 0.2) is 42.5 Å². The molecule has 1 amide bonds. The van der Waals surface area contributed by atoms with E-state index >= 15 is 0 Å². The van der Waals surface area contributed by atoms with Gasteiger partial charge in [-0.3, -0.25) is 9.10 Å². The normalized spacial score (nSPS) is 11.2. The molecule has 2 rings (SSSR count). The van der Waals surface area contributed by atoms with Crippen molar-refractivity contribution in [1.82, 2.24) is 0 Å². The SMILES string of the molecule is Cc1cc(Cl)ccc1NC(=O)CN(c1cccc(F)c1)S(C)(=O)=O. The molecule has 24 heavy (non-hydrogen) atoms. The third-order valence-corrected chi connectivity index (χ3v) is 4.62. The van der Waals surface area contributed by atoms with Crippen molar-refractivity contribution in [2.24, 2.45) is 0 Å². The lowest BCUT2D eigenvalue weighted by Crippen LogP contribution is -2.37. The monoisotopic (exact) mass is 370 g/mol. The van der Waals surface area contributed by atoms with E-state index in [9.17, 15) is 17.6 Å². The molecule has 0 saturated heterocycles. The number of nitrogens with zero attached hydrogens (tertiary/aromatic N) is 1. The van der Waals surface area contributed by atoms with Crippen LogP contribution in [0.3, 0.4) is 0 Å². The summed E-state index contributed by atoms with van der Waals surface area (Å²) in [6.07, 6.45) is 0.957. The number of hydrogen-bond acceptors (Lipinski definition) is 3. The minimum Gasteiger partial charge on any atom is -0.324 e. The number of sulfonamides is 1. The van der Waals surface area contributed by atoms with Gasteiger partial charge in [0, 0.05) is 10.7 Å². The molecule has 0 atom stereocenters. The van der Waals surface area contributed by atoms with Gasteiger partial charge in [-0.1, -0.05) is 17.7 Å². The third kappa shape index (κ3) is 4.69. The van der Waals surface area contributed by atoms with Crippen LogP contribution in [0.4, 0.5) is 15.8 Å². The number of carbonyl (C=O) groups is 1. The van der Waals surface area contributed by atoms with Gasteiger partial charge in [0.15, 0.2) is 0 Å². The van der Waals surface area contributed by atoms with E-state index < -0.39 is 28.3 Å². The Morgan fingerprint density at radius 3 is 2.54 bits per heavy atom. The van der Waals surface area contributed by atoms with E-state index in [1.165, 1.54) is 18.2 Å². The van der Waals surface area contributed by atoms with Gasteiger partial charge in [0.25, 0.3) is 0 Å². The van der Waals surface area contributed by atoms with Crippen molar-refractivity contribution in [1.29, 1.82) is 0 Å². The Kier molecular flexibility index (Phi) is 5.46. The Balaban J connectivity index is 2.22. The number of benzene rings is 2. The molecule has 0 aliphatic heterocycles. The lowest BCUT2D eigenvalue weighted by atomic mass is 10.2. The molecule has 2 aromatic rings. The van der Waals surface area contributed by atoms with Gasteiger partial charge in [-0.2, -0.15) is 0 Å². The molecule has 2 aromatic carbocycles. The molecule has 0 heterocycles. The van der Waals surface area contributed by atoms with Crippen molar-refractivity contribution in [3.8, 4) is 0 Å². The van der Waals surface area contributed by atoms with E-state index in [1.54, 1.807) is 25.1 Å². The first-order chi connectivity index (χ1) is 11.2. The van der Waals surface area contributed by atoms with Crippen molar-refractivity contribution < 1.29 is 17.6 Å². The fourth-order valence-electron chi connectivity index (χ4n) is 2.12. The number of hydrogen-bond donors (Lipinski definition) is 1. The highest BCUT2D eigenvalue weighted by atomic mass is 35.5. The van der Waals surface area contributed by atoms with Crippen LogP contribution in [-0.4, -0.2) is 27.1 Å². The van der Waals surface area contributed by atoms with Crippen LogP contribution >= 0.6 is 11.6 Å². The number of amides is 1. The quantitative estimate of drug-likeness (QED) is 0.878. The molecule has 0 aliphatic rings. The number of carbonyl (C=O) groups excluding carboxylic acids is 1. The van der Waals surface area contributed by atoms with Gasteiger partial charge in [0.05, 0.1) is 11.9 Å². The molecular formula is C16H16ClFN2O3S. The predicted molar refractivity (Wildman–Crippen MR) is 93.4 cm³/mol. The molecule has 1 N–H and O–H groups in total. The molecule has 0 saturated carbocycles. The molecule has 128 valence electrons. The second-order valence-electron chi connectivity index (χ2n) is 5.26. The van der Waals surface area contributed by atoms with E-state index in [1.807, 2.05) is 0 Å². The summed E-state index contributed by atoms with van der Waals surface area (Å²) in [7, 11) is -3.75. The number of halogens is 2. The van der Waals surface area contributed by atoms with E-state index in [4.69, 9.17) is 11.6 Å². The summed E-state index contributed by atoms with van der Waals surface area (Å²) >= 11 is 5.86. The van der Waals surface area contributed by atoms with Crippen molar-refractivity contribution in [3.63, 3.8) is 0 Å². The zero-order valence-electron chi connectivity index (χ0n) is 13.1. The highest BCUT2D eigenvalue weighted by Crippen LogP contribution is 2.21. The Labute approximate surface area is 145 Å². The summed E-state index contributed by atoms with van der Waals surface area (Å²) in [5, 5.41) is 3.16. The van der Waals surface area contributed by atoms with Crippen LogP contribution in [-0.2, 0) is 14.8 Å². The number of anilines is 2. The van der Waals surface area contributed by atoms with Gasteiger partial charge in [-0.15, -0.1) is 0 Å². The number of nitrogens with one attached hydrogen (secondary N) is 1. The molecule has 0 unspecified atom stereocenters. The minimum atomic E-state index is -3.75. The lowest BCUT2D eigenvalue weighted by Gasteiger charge is -2.22. The first-order valence-electron chi connectivity index (χ1n) is 6.96. The van der Waals surface area contributed by atoms with E-state index in [-0.39, 0.29) is 5.69 Å². The van der Waals surface area contributed by atoms with Crippen molar-refractivity contribution in [2.75, 3.05) is 22.4 Å². The minimum absolute atomic E-state index is 0.0838. The zero-order valence-corrected chi connectivity index (χ0v) is 14.7. The van der Waals surface area contributed by atoms with Gasteiger partial charge in [0.1, 0.15) is 12.4 Å². The Hall–Kier alpha value is -2.12. The van der Waals surface area contributed by atoms with Crippen LogP contribution in [0.5, 0.6) is 0 Å². The van der Waals surface area contributed by atoms with Gasteiger partial charge in [0.2, 0.25) is 15.9 Å². The molecule has 0 aliphatic carbocycles. The summed E-state index contributed by atoms with van der Waals surface area (Å²) in [4.78, 5) is 12.2. The maximum absolute atomic E-state index is 13.4. The van der Waals surface area contributed by atoms with Crippen molar-refractivity contribution in [2.45, 2.75) is 6.92 Å². The number of rotatable bonds is 5. The maximum atomic E-state index is 13.4. The summed E-state index contributed by atoms with van der Waals surface area (Å²) in [5.74, 6) is -1.13. The molecule has 0 radical (unpaired) electrons. The highest BCUT2D eigenvalue weighted by Gasteiger charge is 2.21. The maximum Gasteiger partial charge on any atom is 0.245 e. The predicted octanol–water partition coefficient (Wildman–Crippen LogP) is 3.19. The smallest absolute Gasteiger partial charge is 0.245 e. The molecule has 0 fully saturated rings. The first kappa shape index (κ1) is 18.2. The Morgan fingerprint density at radius 2 is 1.96 bits per heavy atom. The average molecular weight is 371 g/mol. The molecular weight excluding hydrogens is 355 g/mol. The molecule has 8 heteroatoms. The third-order valence-electron chi connectivity index (χ3n) is 3.25. The van der Waals surface area contributed by atoms with Gasteiger partial charge < -0.3 is 5.32 Å². The van der Waals surface area contributed by atoms with Crippen LogP contribution in [0.1, 0.15) is 5.56 Å². The van der Waals surface area contributed by atoms with E-state index in [0.717, 1.165) is 22.2 Å². The molecule has 5 nitrogen and oxygen atoms in total. The standard InChI is InChI=1S/C16H16ClFN2O3S/c1-11-8-12(17)6-7-15(11)19-16(21)10-20(24(2,22)23)14-5-3-4-13(18)9-14/h3-9H,10H2,1-2H3,(H,19,21). The fourth-order valence-corrected chi connectivity index (χ4v) is 3.19. The summed E-state index contributed by atoms with van der Waals surface area (Å²) in [6.45, 7) is 1.30. The molecule has 0 spiro atoms. The second kappa shape index (κ2) is 7.19. The van der Waals surface area contributed by atoms with Crippen LogP contribution in [0, 0.1) is 12.7 Å². The highest BCUT2D eigenvalue weighted by molar-refractivity contribution is 7.92. The van der Waals surface area contributed by atoms with Crippen LogP contribution in [0.25, 0.3) is 0 Å². The van der Waals surface area contributed by atoms with Gasteiger partial charge >= 0.3 is 0 Å². The zero-order chi connectivity index (χ0) is 17.9. The number of aryl methyl sites for hydroxylation is 1. The van der Waals surface area contributed by atoms with Crippen molar-refractivity contribution >= 4 is 38.9 Å². The fraction of sp³-hybridized carbons (Fsp3) is 0.188. The van der Waals surface area contributed by atoms with Gasteiger partial charge in [-0.05, 0) is 48.9 Å². The van der Waals surface area contributed by atoms with E-state index in [2.05, 4.69) is 5.32 Å². The van der Waals surface area contributed by atoms with Crippen LogP contribution < -0.4 is 9.62 Å². The lowest BCUT2D eigenvalue weighted by molar-refractivity contribution is -0.114. The van der Waals surface area contributed by atoms with E-state index in [0.29, 0.717) is 10.7 Å². The van der Waals surface area contributed by atoms with Crippen LogP contribution in [0.2, 0.25) is 5.02 Å². The largest absolute Gasteiger partial charge is 0.324 e. The summed E-state index contributed by atoms with van der Waals surface area (Å²) < 4.78 is 38.1. The average Bonchev–Trinajstić information content (AvgIpc) is 2.46. The second-order valence-corrected chi connectivity index (χ2v) is 7.60. The topological polar surface area (TPSA) is 66.5 Å².